The molecule has 5 rings (SSSR count). The van der Waals surface area contributed by atoms with Gasteiger partial charge in [0.05, 0.1) is 0 Å². The topological polar surface area (TPSA) is 103 Å². The highest BCUT2D eigenvalue weighted by molar-refractivity contribution is 7.79. The van der Waals surface area contributed by atoms with Crippen LogP contribution in [0.2, 0.25) is 0 Å². The molecule has 1 saturated heterocycles. The van der Waals surface area contributed by atoms with Crippen LogP contribution in [-0.2, 0) is 22.3 Å². The number of thiazole rings is 1. The number of nitrogen functional groups attached to an aromatic ring is 1. The van der Waals surface area contributed by atoms with Gasteiger partial charge in [-0.2, -0.15) is 0 Å². The Morgan fingerprint density at radius 1 is 1.19 bits per heavy atom. The van der Waals surface area contributed by atoms with E-state index in [1.807, 2.05) is 5.38 Å². The number of carbonyl (C=O) groups excluding carboxylic acids is 1. The quantitative estimate of drug-likeness (QED) is 0.586. The van der Waals surface area contributed by atoms with Crippen molar-refractivity contribution in [3.8, 4) is 0 Å². The number of aryl methyl sites for hydroxylation is 1. The van der Waals surface area contributed by atoms with Gasteiger partial charge in [-0.05, 0) is 78.4 Å². The molecule has 2 N–H and O–H groups in total. The second kappa shape index (κ2) is 9.76. The molecule has 2 aliphatic rings. The second-order valence-corrected chi connectivity index (χ2v) is 9.33. The van der Waals surface area contributed by atoms with Crippen molar-refractivity contribution in [2.75, 3.05) is 28.6 Å². The fourth-order valence-electron chi connectivity index (χ4n) is 4.10. The van der Waals surface area contributed by atoms with Gasteiger partial charge in [0.15, 0.2) is 5.13 Å². The van der Waals surface area contributed by atoms with Gasteiger partial charge in [0.2, 0.25) is 5.91 Å². The SMILES string of the molecule is Nc1nccs1.O=C1[C@@H](N2CCCc3cc(F)ccc32)CCN1c1ccc(S(=O)[O-])cc1. The summed E-state index contributed by atoms with van der Waals surface area (Å²) in [6, 6.07) is 10.8. The lowest BCUT2D eigenvalue weighted by Crippen LogP contribution is -2.44. The average molecular weight is 474 g/mol. The van der Waals surface area contributed by atoms with Gasteiger partial charge in [0, 0.05) is 40.9 Å². The maximum absolute atomic E-state index is 13.5. The van der Waals surface area contributed by atoms with E-state index in [0.29, 0.717) is 23.8 Å². The van der Waals surface area contributed by atoms with Gasteiger partial charge >= 0.3 is 0 Å². The summed E-state index contributed by atoms with van der Waals surface area (Å²) in [6.07, 6.45) is 4.08. The van der Waals surface area contributed by atoms with Crippen LogP contribution in [0.15, 0.2) is 58.9 Å². The van der Waals surface area contributed by atoms with Crippen LogP contribution in [0, 0.1) is 5.82 Å². The number of anilines is 3. The molecular formula is C22H22FN4O3S2-. The van der Waals surface area contributed by atoms with Crippen molar-refractivity contribution in [2.45, 2.75) is 30.2 Å². The lowest BCUT2D eigenvalue weighted by molar-refractivity contribution is -0.118. The lowest BCUT2D eigenvalue weighted by Gasteiger charge is -2.35. The summed E-state index contributed by atoms with van der Waals surface area (Å²) < 4.78 is 35.5. The van der Waals surface area contributed by atoms with Gasteiger partial charge in [-0.25, -0.2) is 9.37 Å². The lowest BCUT2D eigenvalue weighted by atomic mass is 9.99. The Morgan fingerprint density at radius 2 is 1.97 bits per heavy atom. The van der Waals surface area contributed by atoms with Crippen LogP contribution in [0.1, 0.15) is 18.4 Å². The van der Waals surface area contributed by atoms with Crippen molar-refractivity contribution >= 4 is 44.8 Å². The second-order valence-electron chi connectivity index (χ2n) is 7.46. The van der Waals surface area contributed by atoms with Crippen molar-refractivity contribution in [3.63, 3.8) is 0 Å². The molecule has 168 valence electrons. The molecule has 0 radical (unpaired) electrons. The minimum absolute atomic E-state index is 0.00169. The fraction of sp³-hybridized carbons (Fsp3) is 0.273. The molecule has 1 amide bonds. The number of carbonyl (C=O) groups is 1. The maximum Gasteiger partial charge on any atom is 0.249 e. The summed E-state index contributed by atoms with van der Waals surface area (Å²) in [4.78, 5) is 20.7. The van der Waals surface area contributed by atoms with E-state index in [-0.39, 0.29) is 22.7 Å². The molecule has 1 aromatic heterocycles. The Bertz CT molecular complexity index is 1110. The van der Waals surface area contributed by atoms with Gasteiger partial charge in [-0.15, -0.1) is 11.3 Å². The van der Waals surface area contributed by atoms with E-state index in [2.05, 4.69) is 9.88 Å². The fourth-order valence-corrected chi connectivity index (χ4v) is 4.84. The van der Waals surface area contributed by atoms with E-state index >= 15 is 0 Å². The van der Waals surface area contributed by atoms with Gasteiger partial charge in [0.25, 0.3) is 0 Å². The summed E-state index contributed by atoms with van der Waals surface area (Å²) in [7, 11) is 0. The monoisotopic (exact) mass is 473 g/mol. The van der Waals surface area contributed by atoms with Crippen LogP contribution in [-0.4, -0.2) is 38.8 Å². The third-order valence-corrected chi connectivity index (χ3v) is 6.80. The first-order chi connectivity index (χ1) is 15.4. The van der Waals surface area contributed by atoms with Crippen LogP contribution in [0.3, 0.4) is 0 Å². The van der Waals surface area contributed by atoms with E-state index in [4.69, 9.17) is 5.73 Å². The first-order valence-corrected chi connectivity index (χ1v) is 12.1. The van der Waals surface area contributed by atoms with Crippen LogP contribution < -0.4 is 15.5 Å². The number of nitrogens with zero attached hydrogens (tertiary/aromatic N) is 3. The van der Waals surface area contributed by atoms with Crippen molar-refractivity contribution in [1.29, 1.82) is 0 Å². The number of hydrogen-bond acceptors (Lipinski definition) is 7. The van der Waals surface area contributed by atoms with Gasteiger partial charge in [-0.3, -0.25) is 9.00 Å². The number of aromatic nitrogens is 1. The number of nitrogens with two attached hydrogens (primary N) is 1. The highest BCUT2D eigenvalue weighted by atomic mass is 32.2. The van der Waals surface area contributed by atoms with E-state index < -0.39 is 11.1 Å². The van der Waals surface area contributed by atoms with Crippen molar-refractivity contribution in [3.05, 3.63) is 65.4 Å². The Kier molecular flexibility index (Phi) is 6.83. The minimum Gasteiger partial charge on any atom is -0.768 e. The van der Waals surface area contributed by atoms with E-state index in [1.165, 1.54) is 29.5 Å². The number of hydrogen-bond donors (Lipinski definition) is 1. The van der Waals surface area contributed by atoms with E-state index in [0.717, 1.165) is 30.6 Å². The summed E-state index contributed by atoms with van der Waals surface area (Å²) >= 11 is -0.833. The van der Waals surface area contributed by atoms with Crippen LogP contribution >= 0.6 is 11.3 Å². The van der Waals surface area contributed by atoms with Crippen molar-refractivity contribution < 1.29 is 17.9 Å². The third-order valence-electron chi connectivity index (χ3n) is 5.54. The van der Waals surface area contributed by atoms with Crippen molar-refractivity contribution in [1.82, 2.24) is 4.98 Å². The minimum atomic E-state index is -2.28. The Balaban J connectivity index is 0.000000354. The summed E-state index contributed by atoms with van der Waals surface area (Å²) in [6.45, 7) is 1.35. The third kappa shape index (κ3) is 4.82. The van der Waals surface area contributed by atoms with Gasteiger partial charge < -0.3 is 20.1 Å². The normalized spacial score (nSPS) is 18.7. The smallest absolute Gasteiger partial charge is 0.249 e. The summed E-state index contributed by atoms with van der Waals surface area (Å²) in [5.74, 6) is -0.251. The number of amides is 1. The highest BCUT2D eigenvalue weighted by Gasteiger charge is 2.38. The molecule has 7 nitrogen and oxygen atoms in total. The van der Waals surface area contributed by atoms with E-state index in [1.54, 1.807) is 35.4 Å². The molecule has 0 bridgehead atoms. The number of halogens is 1. The molecule has 2 atom stereocenters. The zero-order chi connectivity index (χ0) is 22.7. The molecule has 0 saturated carbocycles. The largest absolute Gasteiger partial charge is 0.768 e. The Hall–Kier alpha value is -2.82. The molecule has 0 aliphatic carbocycles. The molecule has 0 spiro atoms. The molecule has 10 heteroatoms. The van der Waals surface area contributed by atoms with Gasteiger partial charge in [0.1, 0.15) is 11.9 Å². The Morgan fingerprint density at radius 3 is 2.59 bits per heavy atom. The number of rotatable bonds is 3. The van der Waals surface area contributed by atoms with Gasteiger partial charge in [-0.1, -0.05) is 0 Å². The summed E-state index contributed by atoms with van der Waals surface area (Å²) in [5, 5.41) is 2.48. The summed E-state index contributed by atoms with van der Waals surface area (Å²) in [5.41, 5.74) is 7.77. The van der Waals surface area contributed by atoms with E-state index in [9.17, 15) is 17.9 Å². The van der Waals surface area contributed by atoms with Crippen LogP contribution in [0.4, 0.5) is 20.9 Å². The molecule has 32 heavy (non-hydrogen) atoms. The average Bonchev–Trinajstić information content (AvgIpc) is 3.42. The molecule has 2 aliphatic heterocycles. The van der Waals surface area contributed by atoms with Crippen LogP contribution in [0.25, 0.3) is 0 Å². The standard InChI is InChI=1S/C19H19FN2O3S.C3H4N2S/c20-14-3-8-17-13(12-14)2-1-10-22(17)18-9-11-21(19(18)23)15-4-6-16(7-5-15)26(24)25;4-3-5-1-2-6-3/h3-8,12,18H,1-2,9-11H2,(H,24,25);1-2H,(H2,4,5)/p-1/t18-;/m0./s1. The highest BCUT2D eigenvalue weighted by Crippen LogP contribution is 2.33. The molecule has 3 heterocycles. The molecule has 3 aromatic rings. The maximum atomic E-state index is 13.5. The number of fused-ring (bicyclic) bond motifs is 1. The molecule has 2 aromatic carbocycles. The van der Waals surface area contributed by atoms with Crippen molar-refractivity contribution in [2.24, 2.45) is 0 Å². The first kappa shape index (κ1) is 22.4. The number of benzene rings is 2. The predicted octanol–water partition coefficient (Wildman–Crippen LogP) is 3.35. The zero-order valence-electron chi connectivity index (χ0n) is 17.1. The first-order valence-electron chi connectivity index (χ1n) is 10.1. The zero-order valence-corrected chi connectivity index (χ0v) is 18.8. The predicted molar refractivity (Wildman–Crippen MR) is 123 cm³/mol. The molecule has 1 unspecified atom stereocenters. The van der Waals surface area contributed by atoms with Crippen LogP contribution in [0.5, 0.6) is 0 Å². The molecule has 1 fully saturated rings. The molecular weight excluding hydrogens is 451 g/mol. The Labute approximate surface area is 192 Å².